The van der Waals surface area contributed by atoms with Gasteiger partial charge in [-0.15, -0.1) is 0 Å². The highest BCUT2D eigenvalue weighted by molar-refractivity contribution is 5.99. The summed E-state index contributed by atoms with van der Waals surface area (Å²) in [5.41, 5.74) is 1.26. The molecule has 0 aromatic heterocycles. The first-order valence-corrected chi connectivity index (χ1v) is 14.5. The van der Waals surface area contributed by atoms with Crippen LogP contribution in [0.5, 0.6) is 0 Å². The van der Waals surface area contributed by atoms with E-state index in [1.165, 1.54) is 40.1 Å². The van der Waals surface area contributed by atoms with Gasteiger partial charge in [0.2, 0.25) is 5.91 Å². The van der Waals surface area contributed by atoms with Crippen LogP contribution in [0.4, 0.5) is 39.4 Å². The molecule has 4 aromatic rings. The van der Waals surface area contributed by atoms with Gasteiger partial charge in [-0.2, -0.15) is 13.2 Å². The molecule has 0 unspecified atom stereocenters. The van der Waals surface area contributed by atoms with Crippen molar-refractivity contribution in [3.8, 4) is 0 Å². The molecule has 4 aromatic carbocycles. The van der Waals surface area contributed by atoms with Crippen LogP contribution in [0.2, 0.25) is 0 Å². The summed E-state index contributed by atoms with van der Waals surface area (Å²) in [5.74, 6) is -1.72. The summed E-state index contributed by atoms with van der Waals surface area (Å²) in [5, 5.41) is 5.33. The highest BCUT2D eigenvalue weighted by Crippen LogP contribution is 2.31. The van der Waals surface area contributed by atoms with Crippen molar-refractivity contribution >= 4 is 34.9 Å². The van der Waals surface area contributed by atoms with Crippen molar-refractivity contribution in [1.82, 2.24) is 9.80 Å². The van der Waals surface area contributed by atoms with Crippen molar-refractivity contribution in [2.45, 2.75) is 12.7 Å². The van der Waals surface area contributed by atoms with E-state index < -0.39 is 35.4 Å². The average molecular weight is 634 g/mol. The standard InChI is InChI=1S/C34H31F4N5O3/c35-30-12-5-4-11-29(30)32(45)43(22-24-7-2-1-3-8-24)23-31(44)39-26-13-15-28(16-14-26)41-17-19-42(20-18-41)33(46)40-27-10-6-9-25(21-27)34(36,37)38/h1-16,21H,17-20,22-23H2,(H,39,44)(H,40,46). The number of anilines is 3. The molecule has 0 aliphatic carbocycles. The Bertz CT molecular complexity index is 1670. The first-order valence-electron chi connectivity index (χ1n) is 14.5. The number of nitrogens with one attached hydrogen (secondary N) is 2. The van der Waals surface area contributed by atoms with Gasteiger partial charge >= 0.3 is 12.2 Å². The number of hydrogen-bond donors (Lipinski definition) is 2. The minimum atomic E-state index is -4.50. The number of rotatable bonds is 8. The summed E-state index contributed by atoms with van der Waals surface area (Å²) < 4.78 is 53.4. The fourth-order valence-electron chi connectivity index (χ4n) is 5.08. The van der Waals surface area contributed by atoms with Crippen LogP contribution >= 0.6 is 0 Å². The van der Waals surface area contributed by atoms with Gasteiger partial charge in [0.25, 0.3) is 5.91 Å². The third kappa shape index (κ3) is 8.20. The molecule has 1 fully saturated rings. The first kappa shape index (κ1) is 32.0. The van der Waals surface area contributed by atoms with E-state index in [-0.39, 0.29) is 24.3 Å². The Labute approximate surface area is 263 Å². The highest BCUT2D eigenvalue weighted by Gasteiger charge is 2.31. The third-order valence-electron chi connectivity index (χ3n) is 7.47. The first-order chi connectivity index (χ1) is 22.1. The summed E-state index contributed by atoms with van der Waals surface area (Å²) in [7, 11) is 0. The predicted molar refractivity (Wildman–Crippen MR) is 167 cm³/mol. The van der Waals surface area contributed by atoms with Crippen molar-refractivity contribution in [2.24, 2.45) is 0 Å². The lowest BCUT2D eigenvalue weighted by Crippen LogP contribution is -2.50. The van der Waals surface area contributed by atoms with E-state index in [9.17, 15) is 31.9 Å². The maximum atomic E-state index is 14.4. The normalized spacial score (nSPS) is 13.2. The third-order valence-corrected chi connectivity index (χ3v) is 7.47. The van der Waals surface area contributed by atoms with Crippen LogP contribution in [0.3, 0.4) is 0 Å². The molecule has 2 N–H and O–H groups in total. The Morgan fingerprint density at radius 1 is 0.739 bits per heavy atom. The lowest BCUT2D eigenvalue weighted by molar-refractivity contribution is -0.137. The van der Waals surface area contributed by atoms with Crippen LogP contribution < -0.4 is 15.5 Å². The number of piperazine rings is 1. The number of benzene rings is 4. The van der Waals surface area contributed by atoms with E-state index in [4.69, 9.17) is 0 Å². The highest BCUT2D eigenvalue weighted by atomic mass is 19.4. The summed E-state index contributed by atoms with van der Waals surface area (Å²) in [4.78, 5) is 43.8. The van der Waals surface area contributed by atoms with Gasteiger partial charge in [0.05, 0.1) is 11.1 Å². The molecule has 12 heteroatoms. The molecule has 46 heavy (non-hydrogen) atoms. The van der Waals surface area contributed by atoms with Crippen LogP contribution in [0.1, 0.15) is 21.5 Å². The molecule has 1 heterocycles. The summed E-state index contributed by atoms with van der Waals surface area (Å²) in [6, 6.07) is 25.9. The number of carbonyl (C=O) groups is 3. The molecule has 238 valence electrons. The Kier molecular flexibility index (Phi) is 9.85. The molecular formula is C34H31F4N5O3. The quantitative estimate of drug-likeness (QED) is 0.218. The van der Waals surface area contributed by atoms with Crippen molar-refractivity contribution in [2.75, 3.05) is 48.3 Å². The van der Waals surface area contributed by atoms with E-state index >= 15 is 0 Å². The van der Waals surface area contributed by atoms with Crippen LogP contribution in [0.25, 0.3) is 0 Å². The molecule has 0 spiro atoms. The fraction of sp³-hybridized carbons (Fsp3) is 0.206. The topological polar surface area (TPSA) is 85.0 Å². The minimum Gasteiger partial charge on any atom is -0.368 e. The maximum Gasteiger partial charge on any atom is 0.416 e. The van der Waals surface area contributed by atoms with Crippen LogP contribution in [0.15, 0.2) is 103 Å². The Hall–Kier alpha value is -5.39. The molecular weight excluding hydrogens is 602 g/mol. The molecule has 5 rings (SSSR count). The molecule has 0 atom stereocenters. The Balaban J connectivity index is 1.15. The van der Waals surface area contributed by atoms with Gasteiger partial charge in [-0.25, -0.2) is 9.18 Å². The minimum absolute atomic E-state index is 0.0691. The number of halogens is 4. The zero-order valence-electron chi connectivity index (χ0n) is 24.6. The summed E-state index contributed by atoms with van der Waals surface area (Å²) in [6.07, 6.45) is -4.50. The molecule has 1 aliphatic rings. The van der Waals surface area contributed by atoms with E-state index in [0.29, 0.717) is 31.9 Å². The maximum absolute atomic E-state index is 14.4. The van der Waals surface area contributed by atoms with Crippen LogP contribution in [-0.4, -0.2) is 60.4 Å². The van der Waals surface area contributed by atoms with E-state index in [2.05, 4.69) is 10.6 Å². The van der Waals surface area contributed by atoms with Gasteiger partial charge in [-0.3, -0.25) is 9.59 Å². The Morgan fingerprint density at radius 3 is 2.09 bits per heavy atom. The average Bonchev–Trinajstić information content (AvgIpc) is 3.05. The lowest BCUT2D eigenvalue weighted by atomic mass is 10.1. The van der Waals surface area contributed by atoms with Crippen LogP contribution in [0, 0.1) is 5.82 Å². The lowest BCUT2D eigenvalue weighted by Gasteiger charge is -2.36. The van der Waals surface area contributed by atoms with Crippen molar-refractivity contribution < 1.29 is 31.9 Å². The van der Waals surface area contributed by atoms with Crippen molar-refractivity contribution in [3.05, 3.63) is 126 Å². The van der Waals surface area contributed by atoms with E-state index in [1.54, 1.807) is 18.2 Å². The SMILES string of the molecule is O=C(CN(Cc1ccccc1)C(=O)c1ccccc1F)Nc1ccc(N2CCN(C(=O)Nc3cccc(C(F)(F)F)c3)CC2)cc1. The zero-order valence-corrected chi connectivity index (χ0v) is 24.6. The van der Waals surface area contributed by atoms with Crippen LogP contribution in [-0.2, 0) is 17.5 Å². The second kappa shape index (κ2) is 14.1. The summed E-state index contributed by atoms with van der Waals surface area (Å²) in [6.45, 7) is 1.52. The summed E-state index contributed by atoms with van der Waals surface area (Å²) >= 11 is 0. The number of carbonyl (C=O) groups excluding carboxylic acids is 3. The smallest absolute Gasteiger partial charge is 0.368 e. The van der Waals surface area contributed by atoms with Gasteiger partial charge < -0.3 is 25.3 Å². The monoisotopic (exact) mass is 633 g/mol. The van der Waals surface area contributed by atoms with Gasteiger partial charge in [0.1, 0.15) is 12.4 Å². The molecule has 1 saturated heterocycles. The number of hydrogen-bond acceptors (Lipinski definition) is 4. The second-order valence-corrected chi connectivity index (χ2v) is 10.7. The molecule has 0 saturated carbocycles. The molecule has 1 aliphatic heterocycles. The molecule has 4 amide bonds. The van der Waals surface area contributed by atoms with Gasteiger partial charge in [0, 0.05) is 49.8 Å². The van der Waals surface area contributed by atoms with E-state index in [0.717, 1.165) is 23.4 Å². The molecule has 8 nitrogen and oxygen atoms in total. The molecule has 0 bridgehead atoms. The number of nitrogens with zero attached hydrogens (tertiary/aromatic N) is 3. The zero-order chi connectivity index (χ0) is 32.7. The predicted octanol–water partition coefficient (Wildman–Crippen LogP) is 6.48. The number of alkyl halides is 3. The van der Waals surface area contributed by atoms with Gasteiger partial charge in [-0.05, 0) is 60.2 Å². The fourth-order valence-corrected chi connectivity index (χ4v) is 5.08. The second-order valence-electron chi connectivity index (χ2n) is 10.7. The molecule has 0 radical (unpaired) electrons. The van der Waals surface area contributed by atoms with Gasteiger partial charge in [-0.1, -0.05) is 48.5 Å². The van der Waals surface area contributed by atoms with Crippen molar-refractivity contribution in [3.63, 3.8) is 0 Å². The van der Waals surface area contributed by atoms with E-state index in [1.807, 2.05) is 47.4 Å². The Morgan fingerprint density at radius 2 is 1.41 bits per heavy atom. The largest absolute Gasteiger partial charge is 0.416 e. The van der Waals surface area contributed by atoms with Gasteiger partial charge in [0.15, 0.2) is 0 Å². The number of amides is 4. The van der Waals surface area contributed by atoms with Crippen molar-refractivity contribution in [1.29, 1.82) is 0 Å². The number of urea groups is 1.